The van der Waals surface area contributed by atoms with Crippen LogP contribution in [0.2, 0.25) is 0 Å². The quantitative estimate of drug-likeness (QED) is 0.123. The predicted molar refractivity (Wildman–Crippen MR) is 119 cm³/mol. The normalized spacial score (nSPS) is 11.6. The molecule has 0 aliphatic carbocycles. The number of benzene rings is 2. The minimum absolute atomic E-state index is 0.00640. The molecule has 2 aromatic carbocycles. The van der Waals surface area contributed by atoms with E-state index in [0.29, 0.717) is 11.3 Å². The van der Waals surface area contributed by atoms with Gasteiger partial charge in [0.2, 0.25) is 0 Å². The number of esters is 2. The second-order valence-corrected chi connectivity index (χ2v) is 8.54. The summed E-state index contributed by atoms with van der Waals surface area (Å²) in [6, 6.07) is 5.50. The summed E-state index contributed by atoms with van der Waals surface area (Å²) in [5.74, 6) is -2.73. The molecule has 0 saturated heterocycles. The van der Waals surface area contributed by atoms with Gasteiger partial charge in [-0.3, -0.25) is 0 Å². The van der Waals surface area contributed by atoms with Crippen molar-refractivity contribution in [2.45, 2.75) is 32.9 Å². The van der Waals surface area contributed by atoms with Crippen molar-refractivity contribution in [1.29, 1.82) is 0 Å². The molecule has 174 valence electrons. The van der Waals surface area contributed by atoms with Gasteiger partial charge in [-0.15, -0.1) is 11.3 Å². The molecule has 4 nitrogen and oxygen atoms in total. The Kier molecular flexibility index (Phi) is 6.92. The second-order valence-electron chi connectivity index (χ2n) is 7.52. The molecule has 1 aromatic heterocycles. The van der Waals surface area contributed by atoms with Crippen LogP contribution in [-0.4, -0.2) is 18.5 Å². The van der Waals surface area contributed by atoms with Crippen LogP contribution in [0.25, 0.3) is 20.2 Å². The first-order valence-electron chi connectivity index (χ1n) is 9.86. The van der Waals surface area contributed by atoms with E-state index < -0.39 is 29.5 Å². The maximum absolute atomic E-state index is 15.0. The van der Waals surface area contributed by atoms with Gasteiger partial charge in [0.25, 0.3) is 0 Å². The number of hydrogen-bond donors (Lipinski definition) is 0. The zero-order valence-corrected chi connectivity index (χ0v) is 18.7. The smallest absolute Gasteiger partial charge is 0.418 e. The summed E-state index contributed by atoms with van der Waals surface area (Å²) < 4.78 is 66.8. The Morgan fingerprint density at radius 2 is 1.58 bits per heavy atom. The maximum Gasteiger partial charge on any atom is 0.418 e. The summed E-state index contributed by atoms with van der Waals surface area (Å²) >= 11 is 0.648. The van der Waals surface area contributed by atoms with Crippen LogP contribution in [0.15, 0.2) is 48.6 Å². The number of aryl methyl sites for hydroxylation is 1. The molecule has 33 heavy (non-hydrogen) atoms. The van der Waals surface area contributed by atoms with Crippen molar-refractivity contribution in [3.05, 3.63) is 65.5 Å². The molecule has 0 fully saturated rings. The summed E-state index contributed by atoms with van der Waals surface area (Å²) in [6.07, 6.45) is -4.50. The SMILES string of the molecule is C=C(C)C(=O)OCCCc1ccc2c(sc3c(F)c(OC(=O)C(=C)C)ccc32)c1C(F)(F)F. The van der Waals surface area contributed by atoms with E-state index in [1.807, 2.05) is 0 Å². The van der Waals surface area contributed by atoms with Gasteiger partial charge in [-0.25, -0.2) is 14.0 Å². The first-order chi connectivity index (χ1) is 15.4. The largest absolute Gasteiger partial charge is 0.462 e. The van der Waals surface area contributed by atoms with Gasteiger partial charge in [0.1, 0.15) is 0 Å². The average molecular weight is 480 g/mol. The Labute approximate surface area is 191 Å². The van der Waals surface area contributed by atoms with Crippen LogP contribution >= 0.6 is 11.3 Å². The number of halogens is 4. The van der Waals surface area contributed by atoms with E-state index in [4.69, 9.17) is 9.47 Å². The van der Waals surface area contributed by atoms with Gasteiger partial charge in [-0.1, -0.05) is 25.3 Å². The third kappa shape index (κ3) is 5.08. The number of alkyl halides is 3. The Morgan fingerprint density at radius 3 is 2.18 bits per heavy atom. The van der Waals surface area contributed by atoms with Gasteiger partial charge in [-0.05, 0) is 44.4 Å². The Hall–Kier alpha value is -3.20. The van der Waals surface area contributed by atoms with Crippen LogP contribution in [0.4, 0.5) is 17.6 Å². The fraction of sp³-hybridized carbons (Fsp3) is 0.250. The van der Waals surface area contributed by atoms with E-state index in [0.717, 1.165) is 0 Å². The van der Waals surface area contributed by atoms with Gasteiger partial charge in [-0.2, -0.15) is 13.2 Å². The lowest BCUT2D eigenvalue weighted by Gasteiger charge is -2.14. The first-order valence-corrected chi connectivity index (χ1v) is 10.7. The van der Waals surface area contributed by atoms with E-state index in [2.05, 4.69) is 13.2 Å². The van der Waals surface area contributed by atoms with E-state index in [1.54, 1.807) is 0 Å². The predicted octanol–water partition coefficient (Wildman–Crippen LogP) is 6.75. The number of ether oxygens (including phenoxy) is 2. The highest BCUT2D eigenvalue weighted by Gasteiger charge is 2.36. The average Bonchev–Trinajstić information content (AvgIpc) is 3.10. The molecule has 0 amide bonds. The minimum atomic E-state index is -4.68. The van der Waals surface area contributed by atoms with E-state index in [1.165, 1.54) is 38.1 Å². The standard InChI is InChI=1S/C24H20F4O4S/c1-12(2)22(29)31-11-5-6-14-7-8-15-16-9-10-17(32-23(30)13(3)4)19(25)21(16)33-20(15)18(14)24(26,27)28/h7-10H,1,3,5-6,11H2,2,4H3. The summed E-state index contributed by atoms with van der Waals surface area (Å²) in [4.78, 5) is 23.2. The van der Waals surface area contributed by atoms with Crippen molar-refractivity contribution in [2.24, 2.45) is 0 Å². The molecule has 0 N–H and O–H groups in total. The van der Waals surface area contributed by atoms with Crippen molar-refractivity contribution in [3.8, 4) is 5.75 Å². The topological polar surface area (TPSA) is 52.6 Å². The van der Waals surface area contributed by atoms with Crippen LogP contribution in [0, 0.1) is 5.82 Å². The Morgan fingerprint density at radius 1 is 0.970 bits per heavy atom. The van der Waals surface area contributed by atoms with Crippen molar-refractivity contribution < 1.29 is 36.6 Å². The first kappa shape index (κ1) is 24.4. The van der Waals surface area contributed by atoms with Gasteiger partial charge in [0.15, 0.2) is 11.6 Å². The molecular weight excluding hydrogens is 460 g/mol. The van der Waals surface area contributed by atoms with Crippen LogP contribution in [0.1, 0.15) is 31.4 Å². The van der Waals surface area contributed by atoms with Crippen molar-refractivity contribution in [2.75, 3.05) is 6.61 Å². The number of hydrogen-bond acceptors (Lipinski definition) is 5. The monoisotopic (exact) mass is 480 g/mol. The molecule has 0 saturated carbocycles. The highest BCUT2D eigenvalue weighted by atomic mass is 32.1. The van der Waals surface area contributed by atoms with Gasteiger partial charge in [0, 0.05) is 26.6 Å². The van der Waals surface area contributed by atoms with Gasteiger partial charge >= 0.3 is 18.1 Å². The van der Waals surface area contributed by atoms with E-state index in [-0.39, 0.29) is 62.1 Å². The molecule has 0 unspecified atom stereocenters. The second kappa shape index (κ2) is 9.35. The Balaban J connectivity index is 2.03. The van der Waals surface area contributed by atoms with Crippen molar-refractivity contribution in [1.82, 2.24) is 0 Å². The lowest BCUT2D eigenvalue weighted by atomic mass is 9.99. The number of fused-ring (bicyclic) bond motifs is 3. The lowest BCUT2D eigenvalue weighted by molar-refractivity contribution is -0.139. The maximum atomic E-state index is 15.0. The molecule has 0 atom stereocenters. The highest BCUT2D eigenvalue weighted by molar-refractivity contribution is 7.26. The third-order valence-electron chi connectivity index (χ3n) is 4.81. The van der Waals surface area contributed by atoms with Gasteiger partial charge < -0.3 is 9.47 Å². The molecule has 0 aliphatic rings. The number of carbonyl (C=O) groups is 2. The number of rotatable bonds is 7. The molecule has 0 bridgehead atoms. The molecule has 1 heterocycles. The number of thiophene rings is 1. The van der Waals surface area contributed by atoms with Crippen LogP contribution in [-0.2, 0) is 26.9 Å². The zero-order valence-electron chi connectivity index (χ0n) is 17.9. The van der Waals surface area contributed by atoms with Crippen LogP contribution in [0.5, 0.6) is 5.75 Å². The summed E-state index contributed by atoms with van der Waals surface area (Å²) in [5.41, 5.74) is -0.577. The minimum Gasteiger partial charge on any atom is -0.462 e. The summed E-state index contributed by atoms with van der Waals surface area (Å²) in [5, 5.41) is 0.534. The fourth-order valence-corrected chi connectivity index (χ4v) is 4.55. The van der Waals surface area contributed by atoms with E-state index >= 15 is 4.39 Å². The van der Waals surface area contributed by atoms with Crippen molar-refractivity contribution in [3.63, 3.8) is 0 Å². The Bertz CT molecular complexity index is 1290. The number of carbonyl (C=O) groups excluding carboxylic acids is 2. The van der Waals surface area contributed by atoms with Gasteiger partial charge in [0.05, 0.1) is 16.9 Å². The lowest BCUT2D eigenvalue weighted by Crippen LogP contribution is -2.11. The molecule has 3 rings (SSSR count). The molecule has 9 heteroatoms. The highest BCUT2D eigenvalue weighted by Crippen LogP contribution is 2.46. The summed E-state index contributed by atoms with van der Waals surface area (Å²) in [6.45, 7) is 9.69. The van der Waals surface area contributed by atoms with Crippen LogP contribution in [0.3, 0.4) is 0 Å². The summed E-state index contributed by atoms with van der Waals surface area (Å²) in [7, 11) is 0. The van der Waals surface area contributed by atoms with E-state index in [9.17, 15) is 22.8 Å². The molecule has 0 spiro atoms. The molecular formula is C24H20F4O4S. The fourth-order valence-electron chi connectivity index (χ4n) is 3.23. The van der Waals surface area contributed by atoms with Crippen molar-refractivity contribution >= 4 is 43.4 Å². The molecule has 0 aliphatic heterocycles. The zero-order chi connectivity index (χ0) is 24.5. The third-order valence-corrected chi connectivity index (χ3v) is 6.04. The van der Waals surface area contributed by atoms with Crippen LogP contribution < -0.4 is 4.74 Å². The molecule has 0 radical (unpaired) electrons. The molecule has 3 aromatic rings.